The fourth-order valence-electron chi connectivity index (χ4n) is 2.94. The molecule has 7 nitrogen and oxygen atoms in total. The molecule has 0 spiro atoms. The van der Waals surface area contributed by atoms with Gasteiger partial charge in [0.05, 0.1) is 22.9 Å². The van der Waals surface area contributed by atoms with E-state index in [2.05, 4.69) is 19.9 Å². The van der Waals surface area contributed by atoms with Crippen LogP contribution in [0.15, 0.2) is 54.7 Å². The first kappa shape index (κ1) is 18.2. The predicted octanol–water partition coefficient (Wildman–Crippen LogP) is 3.68. The predicted molar refractivity (Wildman–Crippen MR) is 112 cm³/mol. The van der Waals surface area contributed by atoms with E-state index >= 15 is 0 Å². The molecule has 29 heavy (non-hydrogen) atoms. The van der Waals surface area contributed by atoms with Gasteiger partial charge in [-0.05, 0) is 36.8 Å². The summed E-state index contributed by atoms with van der Waals surface area (Å²) >= 11 is 0. The van der Waals surface area contributed by atoms with Gasteiger partial charge in [-0.1, -0.05) is 30.3 Å². The summed E-state index contributed by atoms with van der Waals surface area (Å²) in [4.78, 5) is 38.8. The number of nitrogens with zero attached hydrogens (tertiary/aromatic N) is 3. The Bertz CT molecular complexity index is 1270. The van der Waals surface area contributed by atoms with Crippen molar-refractivity contribution in [1.82, 2.24) is 19.9 Å². The standard InChI is InChI=1S/C22H17N5O2/c1-13(29)5-6-14-7-8-17-18(10-14)27-22(26-17)20-21(23)24-11-19(25-20)16-4-2-3-15(9-16)12-28/h2-12H,1H3,(H2,23,24)(H,26,27)/b6-5-. The lowest BCUT2D eigenvalue weighted by molar-refractivity contribution is -0.112. The Morgan fingerprint density at radius 3 is 2.76 bits per heavy atom. The smallest absolute Gasteiger partial charge is 0.161 e. The minimum absolute atomic E-state index is 0.0195. The van der Waals surface area contributed by atoms with Crippen molar-refractivity contribution >= 4 is 35.0 Å². The highest BCUT2D eigenvalue weighted by atomic mass is 16.1. The second-order valence-electron chi connectivity index (χ2n) is 6.54. The van der Waals surface area contributed by atoms with Crippen LogP contribution >= 0.6 is 0 Å². The molecule has 2 aromatic heterocycles. The zero-order valence-electron chi connectivity index (χ0n) is 15.6. The number of nitrogens with one attached hydrogen (secondary N) is 1. The van der Waals surface area contributed by atoms with Gasteiger partial charge >= 0.3 is 0 Å². The van der Waals surface area contributed by atoms with Gasteiger partial charge in [-0.15, -0.1) is 0 Å². The molecule has 4 aromatic rings. The van der Waals surface area contributed by atoms with E-state index in [1.54, 1.807) is 30.5 Å². The number of carbonyl (C=O) groups excluding carboxylic acids is 2. The minimum Gasteiger partial charge on any atom is -0.382 e. The van der Waals surface area contributed by atoms with Crippen LogP contribution in [0.1, 0.15) is 22.8 Å². The summed E-state index contributed by atoms with van der Waals surface area (Å²) < 4.78 is 0. The van der Waals surface area contributed by atoms with Crippen LogP contribution in [-0.4, -0.2) is 32.0 Å². The van der Waals surface area contributed by atoms with Crippen LogP contribution in [0.2, 0.25) is 0 Å². The Kier molecular flexibility index (Phi) is 4.70. The molecule has 0 bridgehead atoms. The van der Waals surface area contributed by atoms with Crippen molar-refractivity contribution < 1.29 is 9.59 Å². The Morgan fingerprint density at radius 1 is 1.10 bits per heavy atom. The molecule has 3 N–H and O–H groups in total. The molecule has 7 heteroatoms. The third-order valence-corrected chi connectivity index (χ3v) is 4.36. The molecule has 0 atom stereocenters. The molecule has 142 valence electrons. The zero-order valence-corrected chi connectivity index (χ0v) is 15.6. The lowest BCUT2D eigenvalue weighted by Crippen LogP contribution is -2.00. The number of imidazole rings is 1. The summed E-state index contributed by atoms with van der Waals surface area (Å²) in [5, 5.41) is 0. The van der Waals surface area contributed by atoms with Gasteiger partial charge < -0.3 is 10.7 Å². The summed E-state index contributed by atoms with van der Waals surface area (Å²) in [6.07, 6.45) is 5.61. The van der Waals surface area contributed by atoms with Crippen molar-refractivity contribution in [3.8, 4) is 22.8 Å². The Morgan fingerprint density at radius 2 is 1.97 bits per heavy atom. The number of aromatic amines is 1. The summed E-state index contributed by atoms with van der Waals surface area (Å²) in [7, 11) is 0. The first-order chi connectivity index (χ1) is 14.0. The SMILES string of the molecule is CC(=O)/C=C\c1ccc2nc(-c3nc(-c4cccc(C=O)c4)cnc3N)[nH]c2c1. The van der Waals surface area contributed by atoms with E-state index in [1.165, 1.54) is 13.0 Å². The molecule has 0 aliphatic heterocycles. The lowest BCUT2D eigenvalue weighted by Gasteiger charge is -2.05. The highest BCUT2D eigenvalue weighted by molar-refractivity contribution is 5.92. The largest absolute Gasteiger partial charge is 0.382 e. The first-order valence-electron chi connectivity index (χ1n) is 8.90. The van der Waals surface area contributed by atoms with Crippen molar-refractivity contribution in [3.05, 3.63) is 65.9 Å². The molecule has 0 saturated carbocycles. The maximum Gasteiger partial charge on any atom is 0.161 e. The van der Waals surface area contributed by atoms with Gasteiger partial charge in [0, 0.05) is 11.1 Å². The summed E-state index contributed by atoms with van der Waals surface area (Å²) in [5.41, 5.74) is 10.8. The number of nitrogen functional groups attached to an aromatic ring is 1. The molecule has 0 aliphatic rings. The molecule has 0 fully saturated rings. The average Bonchev–Trinajstić information content (AvgIpc) is 3.15. The average molecular weight is 383 g/mol. The fraction of sp³-hybridized carbons (Fsp3) is 0.0455. The van der Waals surface area contributed by atoms with Crippen molar-refractivity contribution in [3.63, 3.8) is 0 Å². The van der Waals surface area contributed by atoms with Gasteiger partial charge in [0.2, 0.25) is 0 Å². The highest BCUT2D eigenvalue weighted by Gasteiger charge is 2.13. The second-order valence-corrected chi connectivity index (χ2v) is 6.54. The van der Waals surface area contributed by atoms with Gasteiger partial charge in [0.1, 0.15) is 12.0 Å². The molecule has 0 radical (unpaired) electrons. The van der Waals surface area contributed by atoms with Crippen LogP contribution in [-0.2, 0) is 4.79 Å². The molecule has 4 rings (SSSR count). The van der Waals surface area contributed by atoms with Crippen molar-refractivity contribution in [2.45, 2.75) is 6.92 Å². The molecular formula is C22H17N5O2. The summed E-state index contributed by atoms with van der Waals surface area (Å²) in [5.74, 6) is 0.719. The zero-order chi connectivity index (χ0) is 20.4. The van der Waals surface area contributed by atoms with Gasteiger partial charge in [-0.25, -0.2) is 15.0 Å². The van der Waals surface area contributed by atoms with E-state index in [0.717, 1.165) is 28.4 Å². The van der Waals surface area contributed by atoms with E-state index in [0.29, 0.717) is 22.8 Å². The number of anilines is 1. The first-order valence-corrected chi connectivity index (χ1v) is 8.90. The molecular weight excluding hydrogens is 366 g/mol. The van der Waals surface area contributed by atoms with E-state index in [4.69, 9.17) is 5.73 Å². The number of hydrogen-bond donors (Lipinski definition) is 2. The normalized spacial score (nSPS) is 11.2. The number of hydrogen-bond acceptors (Lipinski definition) is 6. The van der Waals surface area contributed by atoms with E-state index in [9.17, 15) is 9.59 Å². The minimum atomic E-state index is -0.0195. The molecule has 0 saturated heterocycles. The molecule has 2 heterocycles. The summed E-state index contributed by atoms with van der Waals surface area (Å²) in [6, 6.07) is 12.7. The number of carbonyl (C=O) groups is 2. The Balaban J connectivity index is 1.76. The van der Waals surface area contributed by atoms with Crippen LogP contribution in [0, 0.1) is 0 Å². The quantitative estimate of drug-likeness (QED) is 0.401. The van der Waals surface area contributed by atoms with E-state index in [1.807, 2.05) is 24.3 Å². The number of benzene rings is 2. The number of aromatic nitrogens is 4. The monoisotopic (exact) mass is 383 g/mol. The van der Waals surface area contributed by atoms with Crippen LogP contribution in [0.25, 0.3) is 39.9 Å². The molecule has 0 unspecified atom stereocenters. The number of fused-ring (bicyclic) bond motifs is 1. The number of ketones is 1. The van der Waals surface area contributed by atoms with Crippen molar-refractivity contribution in [1.29, 1.82) is 0 Å². The maximum absolute atomic E-state index is 11.1. The second kappa shape index (κ2) is 7.47. The van der Waals surface area contributed by atoms with Crippen LogP contribution in [0.5, 0.6) is 0 Å². The lowest BCUT2D eigenvalue weighted by atomic mass is 10.1. The molecule has 0 amide bonds. The van der Waals surface area contributed by atoms with Gasteiger partial charge in [0.25, 0.3) is 0 Å². The summed E-state index contributed by atoms with van der Waals surface area (Å²) in [6.45, 7) is 1.50. The van der Waals surface area contributed by atoms with Crippen molar-refractivity contribution in [2.24, 2.45) is 0 Å². The van der Waals surface area contributed by atoms with Crippen LogP contribution in [0.3, 0.4) is 0 Å². The Labute approximate surface area is 166 Å². The van der Waals surface area contributed by atoms with Crippen LogP contribution < -0.4 is 5.73 Å². The van der Waals surface area contributed by atoms with Crippen molar-refractivity contribution in [2.75, 3.05) is 5.73 Å². The van der Waals surface area contributed by atoms with E-state index in [-0.39, 0.29) is 11.6 Å². The number of allylic oxidation sites excluding steroid dienone is 1. The van der Waals surface area contributed by atoms with E-state index < -0.39 is 0 Å². The third kappa shape index (κ3) is 3.79. The number of nitrogens with two attached hydrogens (primary N) is 1. The van der Waals surface area contributed by atoms with Gasteiger partial charge in [-0.3, -0.25) is 9.59 Å². The Hall–Kier alpha value is -4.13. The number of H-pyrrole nitrogens is 1. The highest BCUT2D eigenvalue weighted by Crippen LogP contribution is 2.26. The molecule has 0 aliphatic carbocycles. The van der Waals surface area contributed by atoms with Gasteiger partial charge in [-0.2, -0.15) is 0 Å². The maximum atomic E-state index is 11.1. The molecule has 2 aromatic carbocycles. The number of rotatable bonds is 5. The van der Waals surface area contributed by atoms with Gasteiger partial charge in [0.15, 0.2) is 17.4 Å². The fourth-order valence-corrected chi connectivity index (χ4v) is 2.94. The third-order valence-electron chi connectivity index (χ3n) is 4.36. The number of aldehydes is 1. The topological polar surface area (TPSA) is 115 Å². The van der Waals surface area contributed by atoms with Crippen LogP contribution in [0.4, 0.5) is 5.82 Å².